The average Bonchev–Trinajstić information content (AvgIpc) is 2.96. The maximum Gasteiger partial charge on any atom is 0.337 e. The standard InChI is InChI=1S/C20H16N2O6S2/c1-28-13-4-2-3-11(7-13)8-16-18(25)22(20(29)30-16)10-17(24)21-15-6-5-12(23)9-14(15)19(26)27/h2-9,23H,10H2,1H3,(H,21,24)(H,26,27)/b16-8-. The van der Waals surface area contributed by atoms with E-state index < -0.39 is 17.8 Å². The van der Waals surface area contributed by atoms with Crippen LogP contribution in [0.2, 0.25) is 0 Å². The molecule has 3 N–H and O–H groups in total. The first-order valence-corrected chi connectivity index (χ1v) is 9.76. The number of ether oxygens (including phenoxy) is 1. The van der Waals surface area contributed by atoms with Crippen molar-refractivity contribution in [3.63, 3.8) is 0 Å². The van der Waals surface area contributed by atoms with Gasteiger partial charge >= 0.3 is 5.97 Å². The highest BCUT2D eigenvalue weighted by Gasteiger charge is 2.33. The number of benzene rings is 2. The Morgan fingerprint density at radius 1 is 1.27 bits per heavy atom. The van der Waals surface area contributed by atoms with E-state index in [-0.39, 0.29) is 27.9 Å². The molecule has 0 unspecified atom stereocenters. The summed E-state index contributed by atoms with van der Waals surface area (Å²) in [4.78, 5) is 37.9. The number of phenols is 1. The number of hydrogen-bond acceptors (Lipinski definition) is 7. The lowest BCUT2D eigenvalue weighted by Crippen LogP contribution is -2.36. The minimum atomic E-state index is -1.31. The van der Waals surface area contributed by atoms with Crippen molar-refractivity contribution in [2.24, 2.45) is 0 Å². The van der Waals surface area contributed by atoms with Crippen LogP contribution in [0.3, 0.4) is 0 Å². The molecule has 1 heterocycles. The second kappa shape index (κ2) is 8.97. The summed E-state index contributed by atoms with van der Waals surface area (Å²) < 4.78 is 5.38. The van der Waals surface area contributed by atoms with Crippen molar-refractivity contribution in [1.29, 1.82) is 0 Å². The fraction of sp³-hybridized carbons (Fsp3) is 0.100. The van der Waals surface area contributed by atoms with Crippen LogP contribution in [0, 0.1) is 0 Å². The Hall–Kier alpha value is -3.37. The van der Waals surface area contributed by atoms with Gasteiger partial charge in [0.1, 0.15) is 22.4 Å². The number of carboxylic acids is 1. The Labute approximate surface area is 181 Å². The van der Waals surface area contributed by atoms with Crippen LogP contribution >= 0.6 is 24.0 Å². The van der Waals surface area contributed by atoms with Crippen molar-refractivity contribution in [1.82, 2.24) is 4.90 Å². The molecule has 3 rings (SSSR count). The Morgan fingerprint density at radius 2 is 2.03 bits per heavy atom. The summed E-state index contributed by atoms with van der Waals surface area (Å²) in [6.07, 6.45) is 1.65. The molecule has 0 bridgehead atoms. The third-order valence-corrected chi connectivity index (χ3v) is 5.45. The number of thiocarbonyl (C=S) groups is 1. The van der Waals surface area contributed by atoms with E-state index in [1.165, 1.54) is 12.1 Å². The number of methoxy groups -OCH3 is 1. The number of amides is 2. The molecule has 2 aromatic rings. The van der Waals surface area contributed by atoms with Crippen molar-refractivity contribution < 1.29 is 29.3 Å². The largest absolute Gasteiger partial charge is 0.508 e. The van der Waals surface area contributed by atoms with Gasteiger partial charge in [-0.25, -0.2) is 4.79 Å². The highest BCUT2D eigenvalue weighted by molar-refractivity contribution is 8.26. The fourth-order valence-electron chi connectivity index (χ4n) is 2.67. The molecule has 0 aromatic heterocycles. The maximum absolute atomic E-state index is 12.7. The van der Waals surface area contributed by atoms with E-state index in [9.17, 15) is 24.6 Å². The summed E-state index contributed by atoms with van der Waals surface area (Å²) in [5, 5.41) is 21.1. The van der Waals surface area contributed by atoms with Crippen molar-refractivity contribution in [2.45, 2.75) is 0 Å². The number of phenolic OH excluding ortho intramolecular Hbond substituents is 1. The third kappa shape index (κ3) is 4.78. The number of aromatic carboxylic acids is 1. The summed E-state index contributed by atoms with van der Waals surface area (Å²) in [5.41, 5.74) is 0.476. The number of carbonyl (C=O) groups excluding carboxylic acids is 2. The number of anilines is 1. The zero-order valence-corrected chi connectivity index (χ0v) is 17.3. The van der Waals surface area contributed by atoms with Crippen LogP contribution < -0.4 is 10.1 Å². The lowest BCUT2D eigenvalue weighted by Gasteiger charge is -2.15. The van der Waals surface area contributed by atoms with Crippen LogP contribution in [0.4, 0.5) is 5.69 Å². The zero-order chi connectivity index (χ0) is 21.8. The van der Waals surface area contributed by atoms with Gasteiger partial charge in [0.05, 0.1) is 23.3 Å². The van der Waals surface area contributed by atoms with E-state index in [4.69, 9.17) is 17.0 Å². The molecule has 0 aliphatic carbocycles. The van der Waals surface area contributed by atoms with Gasteiger partial charge in [-0.3, -0.25) is 14.5 Å². The Balaban J connectivity index is 1.73. The van der Waals surface area contributed by atoms with E-state index in [0.717, 1.165) is 28.3 Å². The second-order valence-electron chi connectivity index (χ2n) is 6.13. The summed E-state index contributed by atoms with van der Waals surface area (Å²) in [6.45, 7) is -0.375. The van der Waals surface area contributed by atoms with E-state index in [0.29, 0.717) is 10.7 Å². The molecule has 10 heteroatoms. The molecule has 0 spiro atoms. The van der Waals surface area contributed by atoms with Gasteiger partial charge in [-0.15, -0.1) is 0 Å². The minimum absolute atomic E-state index is 0.00247. The van der Waals surface area contributed by atoms with Gasteiger partial charge in [-0.05, 0) is 42.0 Å². The predicted molar refractivity (Wildman–Crippen MR) is 117 cm³/mol. The molecule has 1 saturated heterocycles. The van der Waals surface area contributed by atoms with Crippen LogP contribution in [0.5, 0.6) is 11.5 Å². The molecule has 1 aliphatic heterocycles. The first-order chi connectivity index (χ1) is 14.3. The van der Waals surface area contributed by atoms with Gasteiger partial charge in [0.15, 0.2) is 0 Å². The topological polar surface area (TPSA) is 116 Å². The van der Waals surface area contributed by atoms with E-state index in [2.05, 4.69) is 5.32 Å². The van der Waals surface area contributed by atoms with Gasteiger partial charge in [-0.1, -0.05) is 36.1 Å². The van der Waals surface area contributed by atoms with E-state index in [1.54, 1.807) is 37.5 Å². The smallest absolute Gasteiger partial charge is 0.337 e. The van der Waals surface area contributed by atoms with Gasteiger partial charge in [0.25, 0.3) is 5.91 Å². The van der Waals surface area contributed by atoms with Crippen LogP contribution in [0.25, 0.3) is 6.08 Å². The van der Waals surface area contributed by atoms with Crippen molar-refractivity contribution in [3.05, 3.63) is 58.5 Å². The van der Waals surface area contributed by atoms with Gasteiger partial charge < -0.3 is 20.3 Å². The molecule has 2 aromatic carbocycles. The zero-order valence-electron chi connectivity index (χ0n) is 15.6. The highest BCUT2D eigenvalue weighted by Crippen LogP contribution is 2.33. The molecule has 1 fully saturated rings. The molecule has 0 radical (unpaired) electrons. The molecule has 0 saturated carbocycles. The number of thioether (sulfide) groups is 1. The number of carbonyl (C=O) groups is 3. The third-order valence-electron chi connectivity index (χ3n) is 4.07. The molecule has 2 amide bonds. The van der Waals surface area contributed by atoms with E-state index >= 15 is 0 Å². The van der Waals surface area contributed by atoms with Gasteiger partial charge in [-0.2, -0.15) is 0 Å². The molecule has 154 valence electrons. The highest BCUT2D eigenvalue weighted by atomic mass is 32.2. The predicted octanol–water partition coefficient (Wildman–Crippen LogP) is 2.94. The van der Waals surface area contributed by atoms with Crippen LogP contribution in [-0.4, -0.2) is 50.9 Å². The Bertz CT molecular complexity index is 1080. The summed E-state index contributed by atoms with van der Waals surface area (Å²) in [6, 6.07) is 10.7. The number of carboxylic acid groups (broad SMARTS) is 1. The molecule has 30 heavy (non-hydrogen) atoms. The number of nitrogens with zero attached hydrogens (tertiary/aromatic N) is 1. The second-order valence-corrected chi connectivity index (χ2v) is 7.80. The Kier molecular flexibility index (Phi) is 6.38. The molecular formula is C20H16N2O6S2. The summed E-state index contributed by atoms with van der Waals surface area (Å²) in [7, 11) is 1.54. The lowest BCUT2D eigenvalue weighted by atomic mass is 10.1. The number of aromatic hydroxyl groups is 1. The first-order valence-electron chi connectivity index (χ1n) is 8.54. The van der Waals surface area contributed by atoms with Crippen LogP contribution in [-0.2, 0) is 9.59 Å². The normalized spacial score (nSPS) is 14.8. The monoisotopic (exact) mass is 444 g/mol. The Morgan fingerprint density at radius 3 is 2.73 bits per heavy atom. The average molecular weight is 444 g/mol. The molecule has 8 nitrogen and oxygen atoms in total. The summed E-state index contributed by atoms with van der Waals surface area (Å²) in [5.74, 6) is -1.96. The SMILES string of the molecule is COc1cccc(/C=C2\SC(=S)N(CC(=O)Nc3ccc(O)cc3C(=O)O)C2=O)c1. The lowest BCUT2D eigenvalue weighted by molar-refractivity contribution is -0.126. The fourth-order valence-corrected chi connectivity index (χ4v) is 3.93. The minimum Gasteiger partial charge on any atom is -0.508 e. The van der Waals surface area contributed by atoms with E-state index in [1.807, 2.05) is 0 Å². The molecule has 1 aliphatic rings. The first kappa shape index (κ1) is 21.3. The molecule has 0 atom stereocenters. The van der Waals surface area contributed by atoms with Crippen LogP contribution in [0.1, 0.15) is 15.9 Å². The number of hydrogen-bond donors (Lipinski definition) is 3. The van der Waals surface area contributed by atoms with Crippen molar-refractivity contribution in [3.8, 4) is 11.5 Å². The molecular weight excluding hydrogens is 428 g/mol. The van der Waals surface area contributed by atoms with Crippen molar-refractivity contribution >= 4 is 57.8 Å². The van der Waals surface area contributed by atoms with Crippen LogP contribution in [0.15, 0.2) is 47.4 Å². The van der Waals surface area contributed by atoms with Gasteiger partial charge in [0, 0.05) is 0 Å². The number of nitrogens with one attached hydrogen (secondary N) is 1. The maximum atomic E-state index is 12.7. The number of rotatable bonds is 6. The quantitative estimate of drug-likeness (QED) is 0.354. The van der Waals surface area contributed by atoms with Gasteiger partial charge in [0.2, 0.25) is 5.91 Å². The summed E-state index contributed by atoms with van der Waals surface area (Å²) >= 11 is 6.29. The van der Waals surface area contributed by atoms with Crippen molar-refractivity contribution in [2.75, 3.05) is 19.0 Å².